The molecule has 0 aromatic heterocycles. The summed E-state index contributed by atoms with van der Waals surface area (Å²) < 4.78 is 4.61. The molecule has 4 nitrogen and oxygen atoms in total. The number of methoxy groups -OCH3 is 1. The van der Waals surface area contributed by atoms with Gasteiger partial charge in [-0.15, -0.1) is 11.6 Å². The molecule has 0 aliphatic carbocycles. The Bertz CT molecular complexity index is 208. The predicted octanol–water partition coefficient (Wildman–Crippen LogP) is 1.42. The predicted molar refractivity (Wildman–Crippen MR) is 52.5 cm³/mol. The molecule has 1 rings (SSSR count). The van der Waals surface area contributed by atoms with E-state index in [2.05, 4.69) is 4.74 Å². The van der Waals surface area contributed by atoms with Gasteiger partial charge >= 0.3 is 6.09 Å². The van der Waals surface area contributed by atoms with Gasteiger partial charge in [-0.1, -0.05) is 0 Å². The minimum absolute atomic E-state index is 0.0435. The van der Waals surface area contributed by atoms with Crippen molar-refractivity contribution in [3.05, 3.63) is 0 Å². The summed E-state index contributed by atoms with van der Waals surface area (Å²) in [5, 5.41) is 0. The molecule has 14 heavy (non-hydrogen) atoms. The molecule has 1 aliphatic heterocycles. The van der Waals surface area contributed by atoms with Crippen LogP contribution in [0.1, 0.15) is 19.3 Å². The Labute approximate surface area is 88.2 Å². The summed E-state index contributed by atoms with van der Waals surface area (Å²) in [5.74, 6) is -0.144. The average Bonchev–Trinajstić information content (AvgIpc) is 2.27. The van der Waals surface area contributed by atoms with Gasteiger partial charge in [-0.25, -0.2) is 4.79 Å². The molecule has 1 unspecified atom stereocenters. The second kappa shape index (κ2) is 5.20. The number of carbonyl (C=O) groups excluding carboxylic acids is 2. The molecule has 0 radical (unpaired) electrons. The number of ether oxygens (including phenoxy) is 1. The van der Waals surface area contributed by atoms with Crippen LogP contribution in [0.3, 0.4) is 0 Å². The van der Waals surface area contributed by atoms with Crippen LogP contribution in [0.25, 0.3) is 0 Å². The Morgan fingerprint density at radius 1 is 1.50 bits per heavy atom. The largest absolute Gasteiger partial charge is 0.453 e. The van der Waals surface area contributed by atoms with E-state index in [1.807, 2.05) is 0 Å². The first-order valence-electron chi connectivity index (χ1n) is 4.64. The van der Waals surface area contributed by atoms with E-state index in [1.54, 1.807) is 0 Å². The highest BCUT2D eigenvalue weighted by Gasteiger charge is 2.31. The third kappa shape index (κ3) is 2.38. The van der Waals surface area contributed by atoms with Crippen LogP contribution in [0.4, 0.5) is 4.79 Å². The van der Waals surface area contributed by atoms with Crippen molar-refractivity contribution in [2.24, 2.45) is 0 Å². The molecule has 1 atom stereocenters. The Morgan fingerprint density at radius 2 is 2.21 bits per heavy atom. The molecule has 1 saturated heterocycles. The maximum absolute atomic E-state index is 11.4. The molecule has 0 spiro atoms. The molecule has 0 N–H and O–H groups in total. The number of piperidine rings is 1. The summed E-state index contributed by atoms with van der Waals surface area (Å²) in [6.07, 6.45) is 2.14. The minimum atomic E-state index is -0.437. The topological polar surface area (TPSA) is 46.6 Å². The van der Waals surface area contributed by atoms with Crippen molar-refractivity contribution in [2.75, 3.05) is 19.5 Å². The second-order valence-electron chi connectivity index (χ2n) is 3.27. The Kier molecular flexibility index (Phi) is 4.20. The summed E-state index contributed by atoms with van der Waals surface area (Å²) in [4.78, 5) is 24.2. The fraction of sp³-hybridized carbons (Fsp3) is 0.778. The molecule has 1 fully saturated rings. The number of likely N-dealkylation sites (tertiary alicyclic amines) is 1. The highest BCUT2D eigenvalue weighted by Crippen LogP contribution is 2.18. The van der Waals surface area contributed by atoms with Crippen LogP contribution >= 0.6 is 11.6 Å². The van der Waals surface area contributed by atoms with Crippen molar-refractivity contribution in [3.63, 3.8) is 0 Å². The lowest BCUT2D eigenvalue weighted by atomic mass is 10.00. The Hall–Kier alpha value is -0.770. The number of halogens is 1. The number of Topliss-reactive ketones (excluding diaryl/α,β-unsaturated/α-hetero) is 1. The SMILES string of the molecule is COC(=O)N1CCCCC1C(=O)CCl. The van der Waals surface area contributed by atoms with Gasteiger partial charge in [-0.3, -0.25) is 9.69 Å². The standard InChI is InChI=1S/C9H14ClNO3/c1-14-9(13)11-5-3-2-4-7(11)8(12)6-10/h7H,2-6H2,1H3. The summed E-state index contributed by atoms with van der Waals surface area (Å²) >= 11 is 5.47. The molecule has 0 saturated carbocycles. The highest BCUT2D eigenvalue weighted by molar-refractivity contribution is 6.28. The quantitative estimate of drug-likeness (QED) is 0.660. The first-order valence-corrected chi connectivity index (χ1v) is 5.17. The van der Waals surface area contributed by atoms with E-state index in [4.69, 9.17) is 11.6 Å². The average molecular weight is 220 g/mol. The van der Waals surface area contributed by atoms with E-state index >= 15 is 0 Å². The zero-order chi connectivity index (χ0) is 10.6. The van der Waals surface area contributed by atoms with Crippen molar-refractivity contribution in [1.82, 2.24) is 4.90 Å². The summed E-state index contributed by atoms with van der Waals surface area (Å²) in [6.45, 7) is 0.583. The summed E-state index contributed by atoms with van der Waals surface area (Å²) in [6, 6.07) is -0.381. The van der Waals surface area contributed by atoms with Crippen LogP contribution in [-0.4, -0.2) is 42.4 Å². The lowest BCUT2D eigenvalue weighted by molar-refractivity contribution is -0.122. The first-order chi connectivity index (χ1) is 6.70. The lowest BCUT2D eigenvalue weighted by Gasteiger charge is -2.32. The third-order valence-electron chi connectivity index (χ3n) is 2.42. The molecular formula is C9H14ClNO3. The smallest absolute Gasteiger partial charge is 0.410 e. The number of amides is 1. The molecule has 1 heterocycles. The molecule has 0 aromatic carbocycles. The van der Waals surface area contributed by atoms with E-state index in [0.717, 1.165) is 12.8 Å². The fourth-order valence-corrected chi connectivity index (χ4v) is 1.87. The summed E-state index contributed by atoms with van der Waals surface area (Å²) in [5.41, 5.74) is 0. The van der Waals surface area contributed by atoms with Crippen LogP contribution in [0, 0.1) is 0 Å². The van der Waals surface area contributed by atoms with Crippen molar-refractivity contribution < 1.29 is 14.3 Å². The van der Waals surface area contributed by atoms with Crippen LogP contribution in [0.2, 0.25) is 0 Å². The summed E-state index contributed by atoms with van der Waals surface area (Å²) in [7, 11) is 1.32. The van der Waals surface area contributed by atoms with Gasteiger partial charge in [0.1, 0.15) is 0 Å². The van der Waals surface area contributed by atoms with Gasteiger partial charge in [-0.2, -0.15) is 0 Å². The Morgan fingerprint density at radius 3 is 2.79 bits per heavy atom. The van der Waals surface area contributed by atoms with Gasteiger partial charge < -0.3 is 4.74 Å². The van der Waals surface area contributed by atoms with Gasteiger partial charge in [0, 0.05) is 6.54 Å². The number of alkyl halides is 1. The first kappa shape index (κ1) is 11.3. The van der Waals surface area contributed by atoms with E-state index in [0.29, 0.717) is 13.0 Å². The van der Waals surface area contributed by atoms with Crippen LogP contribution in [0.15, 0.2) is 0 Å². The van der Waals surface area contributed by atoms with E-state index in [9.17, 15) is 9.59 Å². The van der Waals surface area contributed by atoms with Crippen LogP contribution < -0.4 is 0 Å². The minimum Gasteiger partial charge on any atom is -0.453 e. The molecular weight excluding hydrogens is 206 g/mol. The Balaban J connectivity index is 2.68. The molecule has 80 valence electrons. The van der Waals surface area contributed by atoms with Crippen molar-refractivity contribution in [3.8, 4) is 0 Å². The van der Waals surface area contributed by atoms with Crippen molar-refractivity contribution in [1.29, 1.82) is 0 Å². The van der Waals surface area contributed by atoms with Gasteiger partial charge in [0.15, 0.2) is 5.78 Å². The number of hydrogen-bond donors (Lipinski definition) is 0. The maximum Gasteiger partial charge on any atom is 0.410 e. The third-order valence-corrected chi connectivity index (χ3v) is 2.68. The molecule has 0 bridgehead atoms. The van der Waals surface area contributed by atoms with Crippen molar-refractivity contribution in [2.45, 2.75) is 25.3 Å². The second-order valence-corrected chi connectivity index (χ2v) is 3.54. The van der Waals surface area contributed by atoms with Crippen LogP contribution in [-0.2, 0) is 9.53 Å². The lowest BCUT2D eigenvalue weighted by Crippen LogP contribution is -2.48. The van der Waals surface area contributed by atoms with Gasteiger partial charge in [-0.05, 0) is 19.3 Å². The molecule has 5 heteroatoms. The highest BCUT2D eigenvalue weighted by atomic mass is 35.5. The normalized spacial score (nSPS) is 21.9. The van der Waals surface area contributed by atoms with Gasteiger partial charge in [0.25, 0.3) is 0 Å². The van der Waals surface area contributed by atoms with E-state index in [1.165, 1.54) is 12.0 Å². The van der Waals surface area contributed by atoms with Gasteiger partial charge in [0.2, 0.25) is 0 Å². The molecule has 1 aliphatic rings. The molecule has 1 amide bonds. The fourth-order valence-electron chi connectivity index (χ4n) is 1.69. The maximum atomic E-state index is 11.4. The number of ketones is 1. The number of carbonyl (C=O) groups is 2. The van der Waals surface area contributed by atoms with Gasteiger partial charge in [0.05, 0.1) is 19.0 Å². The number of nitrogens with zero attached hydrogens (tertiary/aromatic N) is 1. The van der Waals surface area contributed by atoms with Crippen LogP contribution in [0.5, 0.6) is 0 Å². The van der Waals surface area contributed by atoms with E-state index in [-0.39, 0.29) is 17.7 Å². The monoisotopic (exact) mass is 219 g/mol. The van der Waals surface area contributed by atoms with E-state index < -0.39 is 6.09 Å². The van der Waals surface area contributed by atoms with Crippen molar-refractivity contribution >= 4 is 23.5 Å². The zero-order valence-corrected chi connectivity index (χ0v) is 8.92. The zero-order valence-electron chi connectivity index (χ0n) is 8.16. The number of hydrogen-bond acceptors (Lipinski definition) is 3. The molecule has 0 aromatic rings. The number of rotatable bonds is 2.